The van der Waals surface area contributed by atoms with E-state index in [2.05, 4.69) is 10.3 Å². The maximum atomic E-state index is 13.5. The average Bonchev–Trinajstić information content (AvgIpc) is 3.37. The van der Waals surface area contributed by atoms with Crippen molar-refractivity contribution < 1.29 is 18.4 Å². The van der Waals surface area contributed by atoms with Crippen molar-refractivity contribution in [3.05, 3.63) is 112 Å². The highest BCUT2D eigenvalue weighted by molar-refractivity contribution is 6.32. The van der Waals surface area contributed by atoms with Gasteiger partial charge in [-0.2, -0.15) is 0 Å². The zero-order valence-electron chi connectivity index (χ0n) is 20.0. The van der Waals surface area contributed by atoms with Crippen LogP contribution >= 0.6 is 11.6 Å². The van der Waals surface area contributed by atoms with Crippen LogP contribution in [-0.4, -0.2) is 18.0 Å². The molecule has 6 rings (SSSR count). The Morgan fingerprint density at radius 3 is 2.39 bits per heavy atom. The van der Waals surface area contributed by atoms with Gasteiger partial charge in [0.25, 0.3) is 5.91 Å². The number of carbonyl (C=O) groups excluding carboxylic acids is 1. The van der Waals surface area contributed by atoms with Gasteiger partial charge in [0.15, 0.2) is 5.58 Å². The van der Waals surface area contributed by atoms with Crippen molar-refractivity contribution in [2.75, 3.05) is 12.4 Å². The molecule has 4 aromatic carbocycles. The minimum atomic E-state index is -0.583. The molecule has 1 N–H and O–H groups in total. The normalized spacial score (nSPS) is 11.1. The highest BCUT2D eigenvalue weighted by Gasteiger charge is 2.22. The summed E-state index contributed by atoms with van der Waals surface area (Å²) in [5.41, 5.74) is 2.93. The van der Waals surface area contributed by atoms with E-state index in [1.165, 1.54) is 0 Å². The molecule has 0 aliphatic rings. The van der Waals surface area contributed by atoms with Gasteiger partial charge in [-0.25, -0.2) is 9.78 Å². The van der Waals surface area contributed by atoms with Crippen LogP contribution in [0.15, 0.2) is 105 Å². The van der Waals surface area contributed by atoms with Crippen LogP contribution in [0.25, 0.3) is 44.5 Å². The van der Waals surface area contributed by atoms with Gasteiger partial charge in [-0.05, 0) is 48.0 Å². The van der Waals surface area contributed by atoms with Gasteiger partial charge in [0.2, 0.25) is 11.7 Å². The molecule has 0 atom stereocenters. The highest BCUT2D eigenvalue weighted by atomic mass is 35.5. The second-order valence-electron chi connectivity index (χ2n) is 8.51. The molecule has 0 saturated heterocycles. The molecule has 0 unspecified atom stereocenters. The van der Waals surface area contributed by atoms with E-state index in [0.717, 1.165) is 5.56 Å². The number of fused-ring (bicyclic) bond motifs is 2. The number of rotatable bonds is 5. The number of nitrogens with zero attached hydrogens (tertiary/aromatic N) is 1. The number of amides is 1. The third kappa shape index (κ3) is 4.19. The van der Waals surface area contributed by atoms with Crippen LogP contribution in [0.1, 0.15) is 10.6 Å². The van der Waals surface area contributed by atoms with Crippen LogP contribution in [0.3, 0.4) is 0 Å². The topological polar surface area (TPSA) is 94.6 Å². The summed E-state index contributed by atoms with van der Waals surface area (Å²) in [6, 6.07) is 26.7. The van der Waals surface area contributed by atoms with Gasteiger partial charge in [0.1, 0.15) is 11.3 Å². The molecule has 1 amide bonds. The molecule has 0 spiro atoms. The molecule has 0 aliphatic carbocycles. The quantitative estimate of drug-likeness (QED) is 0.257. The van der Waals surface area contributed by atoms with Gasteiger partial charge in [-0.1, -0.05) is 60.1 Å². The predicted octanol–water partition coefficient (Wildman–Crippen LogP) is 7.18. The van der Waals surface area contributed by atoms with E-state index in [9.17, 15) is 9.59 Å². The van der Waals surface area contributed by atoms with Crippen LogP contribution in [0.5, 0.6) is 5.75 Å². The van der Waals surface area contributed by atoms with Crippen molar-refractivity contribution >= 4 is 45.1 Å². The van der Waals surface area contributed by atoms with Gasteiger partial charge in [0, 0.05) is 22.2 Å². The van der Waals surface area contributed by atoms with Crippen molar-refractivity contribution in [3.63, 3.8) is 0 Å². The number of hydrogen-bond donors (Lipinski definition) is 1. The first-order valence-electron chi connectivity index (χ1n) is 11.7. The fourth-order valence-corrected chi connectivity index (χ4v) is 4.63. The molecule has 186 valence electrons. The second kappa shape index (κ2) is 9.53. The monoisotopic (exact) mass is 522 g/mol. The summed E-state index contributed by atoms with van der Waals surface area (Å²) in [6.45, 7) is 0. The minimum Gasteiger partial charge on any atom is -0.495 e. The molecule has 0 bridgehead atoms. The molecule has 0 aliphatic heterocycles. The number of nitrogens with one attached hydrogen (secondary N) is 1. The maximum absolute atomic E-state index is 13.5. The molecule has 8 heteroatoms. The minimum absolute atomic E-state index is 0.0753. The van der Waals surface area contributed by atoms with Crippen LogP contribution in [0, 0.1) is 0 Å². The number of anilines is 1. The van der Waals surface area contributed by atoms with Crippen molar-refractivity contribution in [3.8, 4) is 28.3 Å². The number of carbonyl (C=O) groups is 1. The lowest BCUT2D eigenvalue weighted by Gasteiger charge is -2.12. The molecule has 38 heavy (non-hydrogen) atoms. The molecular weight excluding hydrogens is 504 g/mol. The largest absolute Gasteiger partial charge is 0.495 e. The molecule has 0 radical (unpaired) electrons. The first kappa shape index (κ1) is 23.5. The van der Waals surface area contributed by atoms with E-state index < -0.39 is 11.5 Å². The van der Waals surface area contributed by atoms with Crippen molar-refractivity contribution in [1.82, 2.24) is 4.98 Å². The van der Waals surface area contributed by atoms with E-state index >= 15 is 0 Å². The van der Waals surface area contributed by atoms with E-state index in [1.54, 1.807) is 61.7 Å². The number of halogens is 1. The van der Waals surface area contributed by atoms with Gasteiger partial charge in [0.05, 0.1) is 17.5 Å². The Morgan fingerprint density at radius 1 is 0.868 bits per heavy atom. The average molecular weight is 523 g/mol. The SMILES string of the molecule is COc1ccc(-c2nc3cc(NC(=O)c4oc(=O)c5ccccc5c4-c4ccccc4)ccc3o2)cc1Cl. The Morgan fingerprint density at radius 2 is 1.63 bits per heavy atom. The lowest BCUT2D eigenvalue weighted by atomic mass is 9.98. The zero-order chi connectivity index (χ0) is 26.2. The first-order chi connectivity index (χ1) is 18.5. The summed E-state index contributed by atoms with van der Waals surface area (Å²) < 4.78 is 16.7. The first-order valence-corrected chi connectivity index (χ1v) is 12.1. The van der Waals surface area contributed by atoms with Crippen molar-refractivity contribution in [2.45, 2.75) is 0 Å². The molecule has 6 aromatic rings. The Bertz CT molecular complexity index is 1890. The predicted molar refractivity (Wildman–Crippen MR) is 147 cm³/mol. The fourth-order valence-electron chi connectivity index (χ4n) is 4.37. The Kier molecular flexibility index (Phi) is 5.90. The Hall–Kier alpha value is -4.88. The molecule has 0 saturated carbocycles. The lowest BCUT2D eigenvalue weighted by Crippen LogP contribution is -2.16. The Balaban J connectivity index is 1.38. The van der Waals surface area contributed by atoms with Gasteiger partial charge in [-0.15, -0.1) is 0 Å². The molecular formula is C30H19ClN2O5. The smallest absolute Gasteiger partial charge is 0.344 e. The Labute approximate surface area is 221 Å². The van der Waals surface area contributed by atoms with Crippen LogP contribution < -0.4 is 15.7 Å². The van der Waals surface area contributed by atoms with E-state index in [4.69, 9.17) is 25.2 Å². The summed E-state index contributed by atoms with van der Waals surface area (Å²) in [4.78, 5) is 30.7. The van der Waals surface area contributed by atoms with Crippen molar-refractivity contribution in [1.29, 1.82) is 0 Å². The number of oxazole rings is 1. The van der Waals surface area contributed by atoms with E-state index in [0.29, 0.717) is 55.3 Å². The molecule has 2 aromatic heterocycles. The standard InChI is InChI=1S/C30H19ClN2O5/c1-36-24-13-11-18(15-22(24)31)29-33-23-16-19(12-14-25(23)37-29)32-28(34)27-26(17-7-3-2-4-8-17)20-9-5-6-10-21(20)30(35)38-27/h2-16H,1H3,(H,32,34). The second-order valence-corrected chi connectivity index (χ2v) is 8.92. The number of ether oxygens (including phenoxy) is 1. The van der Waals surface area contributed by atoms with Crippen LogP contribution in [-0.2, 0) is 0 Å². The van der Waals surface area contributed by atoms with Gasteiger partial charge < -0.3 is 18.9 Å². The van der Waals surface area contributed by atoms with Crippen LogP contribution in [0.2, 0.25) is 5.02 Å². The summed E-state index contributed by atoms with van der Waals surface area (Å²) in [7, 11) is 1.54. The lowest BCUT2D eigenvalue weighted by molar-refractivity contribution is 0.0994. The number of benzene rings is 4. The number of aromatic nitrogens is 1. The summed E-state index contributed by atoms with van der Waals surface area (Å²) in [5.74, 6) is 0.289. The number of methoxy groups -OCH3 is 1. The highest BCUT2D eigenvalue weighted by Crippen LogP contribution is 2.33. The van der Waals surface area contributed by atoms with Gasteiger partial charge >= 0.3 is 5.63 Å². The third-order valence-electron chi connectivity index (χ3n) is 6.15. The van der Waals surface area contributed by atoms with E-state index in [-0.39, 0.29) is 5.76 Å². The molecule has 0 fully saturated rings. The van der Waals surface area contributed by atoms with Crippen LogP contribution in [0.4, 0.5) is 5.69 Å². The van der Waals surface area contributed by atoms with Gasteiger partial charge in [-0.3, -0.25) is 4.79 Å². The zero-order valence-corrected chi connectivity index (χ0v) is 20.8. The third-order valence-corrected chi connectivity index (χ3v) is 6.45. The summed E-state index contributed by atoms with van der Waals surface area (Å²) >= 11 is 6.25. The summed E-state index contributed by atoms with van der Waals surface area (Å²) in [6.07, 6.45) is 0. The summed E-state index contributed by atoms with van der Waals surface area (Å²) in [5, 5.41) is 4.31. The molecule has 2 heterocycles. The maximum Gasteiger partial charge on any atom is 0.344 e. The van der Waals surface area contributed by atoms with Crippen molar-refractivity contribution in [2.24, 2.45) is 0 Å². The number of hydrogen-bond acceptors (Lipinski definition) is 6. The fraction of sp³-hybridized carbons (Fsp3) is 0.0333. The molecule has 7 nitrogen and oxygen atoms in total. The van der Waals surface area contributed by atoms with E-state index in [1.807, 2.05) is 36.4 Å².